The van der Waals surface area contributed by atoms with Crippen molar-refractivity contribution in [2.24, 2.45) is 11.8 Å². The number of hydrogen-bond donors (Lipinski definition) is 0. The number of rotatable bonds is 8. The third-order valence-electron chi connectivity index (χ3n) is 5.04. The Morgan fingerprint density at radius 3 is 1.33 bits per heavy atom. The summed E-state index contributed by atoms with van der Waals surface area (Å²) < 4.78 is 11.4. The van der Waals surface area contributed by atoms with Gasteiger partial charge in [0.05, 0.1) is 12.8 Å². The molecule has 140 valence electrons. The Hall–Kier alpha value is -0.100. The summed E-state index contributed by atoms with van der Waals surface area (Å²) in [5.74, 6) is 0.398. The lowest BCUT2D eigenvalue weighted by Crippen LogP contribution is -2.43. The van der Waals surface area contributed by atoms with Gasteiger partial charge in [0.1, 0.15) is 11.2 Å². The Morgan fingerprint density at radius 2 is 1.08 bits per heavy atom. The molecule has 0 N–H and O–H groups in total. The lowest BCUT2D eigenvalue weighted by Gasteiger charge is -2.43. The van der Waals surface area contributed by atoms with Crippen LogP contribution >= 0.6 is 31.9 Å². The van der Waals surface area contributed by atoms with E-state index in [2.05, 4.69) is 31.9 Å². The standard InChI is InChI=1S/C18H30Br2O4/c1-17(2,23-15(21)9-11-19)13-5-7-14(8-6-13)18(3,4)24-16(22)10-12-20/h13-14H,5-12H2,1-4H3. The maximum atomic E-state index is 11.8. The minimum Gasteiger partial charge on any atom is -0.459 e. The molecular weight excluding hydrogens is 440 g/mol. The summed E-state index contributed by atoms with van der Waals surface area (Å²) in [5.41, 5.74) is -0.887. The van der Waals surface area contributed by atoms with Crippen LogP contribution < -0.4 is 0 Å². The maximum absolute atomic E-state index is 11.8. The van der Waals surface area contributed by atoms with Gasteiger partial charge in [0.15, 0.2) is 0 Å². The molecule has 1 fully saturated rings. The van der Waals surface area contributed by atoms with Crippen molar-refractivity contribution in [1.29, 1.82) is 0 Å². The molecule has 1 saturated carbocycles. The van der Waals surface area contributed by atoms with Crippen molar-refractivity contribution in [3.63, 3.8) is 0 Å². The van der Waals surface area contributed by atoms with Crippen LogP contribution in [0.3, 0.4) is 0 Å². The van der Waals surface area contributed by atoms with Crippen molar-refractivity contribution < 1.29 is 19.1 Å². The first-order chi connectivity index (χ1) is 11.1. The van der Waals surface area contributed by atoms with Crippen LogP contribution in [0.2, 0.25) is 0 Å². The fourth-order valence-electron chi connectivity index (χ4n) is 3.49. The summed E-state index contributed by atoms with van der Waals surface area (Å²) >= 11 is 6.54. The molecule has 4 nitrogen and oxygen atoms in total. The summed E-state index contributed by atoms with van der Waals surface area (Å²) in [6, 6.07) is 0. The Bertz CT molecular complexity index is 387. The summed E-state index contributed by atoms with van der Waals surface area (Å²) in [5, 5.41) is 1.26. The molecule has 6 heteroatoms. The zero-order chi connectivity index (χ0) is 18.4. The molecular formula is C18H30Br2O4. The van der Waals surface area contributed by atoms with Crippen LogP contribution in [0.4, 0.5) is 0 Å². The number of carbonyl (C=O) groups is 2. The third kappa shape index (κ3) is 6.66. The van der Waals surface area contributed by atoms with E-state index in [9.17, 15) is 9.59 Å². The summed E-state index contributed by atoms with van der Waals surface area (Å²) in [7, 11) is 0. The zero-order valence-corrected chi connectivity index (χ0v) is 18.4. The summed E-state index contributed by atoms with van der Waals surface area (Å²) in [6.07, 6.45) is 4.74. The van der Waals surface area contributed by atoms with Gasteiger partial charge < -0.3 is 9.47 Å². The van der Waals surface area contributed by atoms with E-state index < -0.39 is 11.2 Å². The molecule has 0 aromatic rings. The van der Waals surface area contributed by atoms with Gasteiger partial charge in [-0.1, -0.05) is 31.9 Å². The molecule has 0 radical (unpaired) electrons. The van der Waals surface area contributed by atoms with E-state index in [1.165, 1.54) is 0 Å². The van der Waals surface area contributed by atoms with E-state index in [1.54, 1.807) is 0 Å². The molecule has 0 bridgehead atoms. The zero-order valence-electron chi connectivity index (χ0n) is 15.2. The molecule has 1 aliphatic carbocycles. The van der Waals surface area contributed by atoms with Crippen molar-refractivity contribution in [3.8, 4) is 0 Å². The van der Waals surface area contributed by atoms with Crippen LogP contribution in [-0.2, 0) is 19.1 Å². The van der Waals surface area contributed by atoms with Gasteiger partial charge in [-0.2, -0.15) is 0 Å². The Kier molecular flexibility index (Phi) is 8.74. The number of carbonyl (C=O) groups excluding carboxylic acids is 2. The third-order valence-corrected chi connectivity index (χ3v) is 5.84. The molecule has 0 unspecified atom stereocenters. The maximum Gasteiger partial charge on any atom is 0.307 e. The minimum absolute atomic E-state index is 0.150. The number of esters is 2. The average Bonchev–Trinajstić information content (AvgIpc) is 2.46. The normalized spacial score (nSPS) is 22.1. The van der Waals surface area contributed by atoms with Gasteiger partial charge in [0.25, 0.3) is 0 Å². The van der Waals surface area contributed by atoms with Gasteiger partial charge in [-0.3, -0.25) is 9.59 Å². The van der Waals surface area contributed by atoms with E-state index in [0.717, 1.165) is 25.7 Å². The highest BCUT2D eigenvalue weighted by atomic mass is 79.9. The van der Waals surface area contributed by atoms with Gasteiger partial charge in [0.2, 0.25) is 0 Å². The first-order valence-corrected chi connectivity index (χ1v) is 10.9. The van der Waals surface area contributed by atoms with Crippen LogP contribution in [0.1, 0.15) is 66.2 Å². The van der Waals surface area contributed by atoms with Gasteiger partial charge in [-0.05, 0) is 65.2 Å². The van der Waals surface area contributed by atoms with E-state index in [-0.39, 0.29) is 11.9 Å². The topological polar surface area (TPSA) is 52.6 Å². The Morgan fingerprint density at radius 1 is 0.792 bits per heavy atom. The first kappa shape index (κ1) is 21.9. The predicted molar refractivity (Wildman–Crippen MR) is 103 cm³/mol. The van der Waals surface area contributed by atoms with Crippen molar-refractivity contribution in [3.05, 3.63) is 0 Å². The quantitative estimate of drug-likeness (QED) is 0.370. The SMILES string of the molecule is CC(C)(OC(=O)CCBr)C1CCC(C(C)(C)OC(=O)CCBr)CC1. The van der Waals surface area contributed by atoms with E-state index >= 15 is 0 Å². The molecule has 0 aromatic carbocycles. The molecule has 0 atom stereocenters. The second kappa shape index (κ2) is 9.56. The van der Waals surface area contributed by atoms with E-state index in [4.69, 9.17) is 9.47 Å². The largest absolute Gasteiger partial charge is 0.459 e. The molecule has 1 aliphatic rings. The minimum atomic E-state index is -0.443. The van der Waals surface area contributed by atoms with Crippen LogP contribution in [0.25, 0.3) is 0 Å². The van der Waals surface area contributed by atoms with Crippen LogP contribution in [0.5, 0.6) is 0 Å². The Labute approximate surface area is 162 Å². The number of alkyl halides is 2. The van der Waals surface area contributed by atoms with Gasteiger partial charge in [0, 0.05) is 10.7 Å². The van der Waals surface area contributed by atoms with Gasteiger partial charge >= 0.3 is 11.9 Å². The van der Waals surface area contributed by atoms with Crippen molar-refractivity contribution in [2.75, 3.05) is 10.7 Å². The summed E-state index contributed by atoms with van der Waals surface area (Å²) in [6.45, 7) is 8.02. The highest BCUT2D eigenvalue weighted by Crippen LogP contribution is 2.42. The first-order valence-electron chi connectivity index (χ1n) is 8.68. The predicted octanol–water partition coefficient (Wildman–Crippen LogP) is 5.01. The summed E-state index contributed by atoms with van der Waals surface area (Å²) in [4.78, 5) is 23.6. The molecule has 0 aromatic heterocycles. The highest BCUT2D eigenvalue weighted by molar-refractivity contribution is 9.09. The molecule has 0 heterocycles. The molecule has 1 rings (SSSR count). The van der Waals surface area contributed by atoms with E-state index in [1.807, 2.05) is 27.7 Å². The second-order valence-corrected chi connectivity index (χ2v) is 9.17. The number of halogens is 2. The number of ether oxygens (including phenoxy) is 2. The van der Waals surface area contributed by atoms with Crippen LogP contribution in [-0.4, -0.2) is 33.8 Å². The Balaban J connectivity index is 2.55. The molecule has 0 aliphatic heterocycles. The monoisotopic (exact) mass is 468 g/mol. The lowest BCUT2D eigenvalue weighted by atomic mass is 9.70. The fraction of sp³-hybridized carbons (Fsp3) is 0.889. The highest BCUT2D eigenvalue weighted by Gasteiger charge is 2.41. The van der Waals surface area contributed by atoms with Gasteiger partial charge in [-0.25, -0.2) is 0 Å². The average molecular weight is 470 g/mol. The van der Waals surface area contributed by atoms with Gasteiger partial charge in [-0.15, -0.1) is 0 Å². The van der Waals surface area contributed by atoms with Crippen molar-refractivity contribution in [1.82, 2.24) is 0 Å². The fourth-order valence-corrected chi connectivity index (χ4v) is 4.14. The van der Waals surface area contributed by atoms with E-state index in [0.29, 0.717) is 35.3 Å². The van der Waals surface area contributed by atoms with Crippen molar-refractivity contribution >= 4 is 43.8 Å². The lowest BCUT2D eigenvalue weighted by molar-refractivity contribution is -0.169. The second-order valence-electron chi connectivity index (χ2n) is 7.58. The van der Waals surface area contributed by atoms with Crippen LogP contribution in [0, 0.1) is 11.8 Å². The molecule has 24 heavy (non-hydrogen) atoms. The smallest absolute Gasteiger partial charge is 0.307 e. The number of hydrogen-bond acceptors (Lipinski definition) is 4. The molecule has 0 spiro atoms. The molecule has 0 saturated heterocycles. The van der Waals surface area contributed by atoms with Crippen LogP contribution in [0.15, 0.2) is 0 Å². The van der Waals surface area contributed by atoms with Crippen molar-refractivity contribution in [2.45, 2.75) is 77.4 Å². The molecule has 0 amide bonds.